The van der Waals surface area contributed by atoms with E-state index in [0.717, 1.165) is 18.4 Å². The van der Waals surface area contributed by atoms with Crippen molar-refractivity contribution in [2.45, 2.75) is 24.3 Å². The zero-order valence-corrected chi connectivity index (χ0v) is 19.0. The largest absolute Gasteiger partial charge is 0.489 e. The van der Waals surface area contributed by atoms with Gasteiger partial charge >= 0.3 is 0 Å². The van der Waals surface area contributed by atoms with Crippen molar-refractivity contribution in [3.63, 3.8) is 0 Å². The summed E-state index contributed by atoms with van der Waals surface area (Å²) in [7, 11) is -1.95. The molecule has 2 aromatic carbocycles. The molecule has 1 amide bonds. The second-order valence-electron chi connectivity index (χ2n) is 7.87. The van der Waals surface area contributed by atoms with Gasteiger partial charge in [-0.25, -0.2) is 8.42 Å². The van der Waals surface area contributed by atoms with Crippen molar-refractivity contribution >= 4 is 21.6 Å². The summed E-state index contributed by atoms with van der Waals surface area (Å²) >= 11 is 0. The number of hydrogen-bond donors (Lipinski definition) is 1. The molecular formula is C24H24N4O4S. The number of benzene rings is 2. The third kappa shape index (κ3) is 5.08. The third-order valence-corrected chi connectivity index (χ3v) is 7.33. The Hall–Kier alpha value is -3.61. The lowest BCUT2D eigenvalue weighted by Crippen LogP contribution is -2.27. The van der Waals surface area contributed by atoms with Gasteiger partial charge in [0.25, 0.3) is 5.91 Å². The van der Waals surface area contributed by atoms with Gasteiger partial charge in [0.05, 0.1) is 11.6 Å². The van der Waals surface area contributed by atoms with Gasteiger partial charge in [0.15, 0.2) is 0 Å². The molecule has 0 aliphatic carbocycles. The van der Waals surface area contributed by atoms with E-state index in [1.54, 1.807) is 49.5 Å². The maximum atomic E-state index is 12.8. The highest BCUT2D eigenvalue weighted by molar-refractivity contribution is 7.89. The van der Waals surface area contributed by atoms with E-state index < -0.39 is 15.9 Å². The van der Waals surface area contributed by atoms with Gasteiger partial charge in [0.1, 0.15) is 22.9 Å². The predicted octanol–water partition coefficient (Wildman–Crippen LogP) is 3.51. The van der Waals surface area contributed by atoms with Crippen LogP contribution in [0, 0.1) is 11.3 Å². The van der Waals surface area contributed by atoms with Crippen LogP contribution in [0.2, 0.25) is 0 Å². The average molecular weight is 465 g/mol. The van der Waals surface area contributed by atoms with E-state index >= 15 is 0 Å². The van der Waals surface area contributed by atoms with Crippen LogP contribution in [0.3, 0.4) is 0 Å². The number of amides is 1. The minimum atomic E-state index is -3.60. The van der Waals surface area contributed by atoms with Crippen LogP contribution < -0.4 is 10.1 Å². The van der Waals surface area contributed by atoms with Crippen LogP contribution in [0.4, 0.5) is 5.69 Å². The second kappa shape index (κ2) is 9.48. The summed E-state index contributed by atoms with van der Waals surface area (Å²) < 4.78 is 34.4. The Bertz CT molecular complexity index is 1320. The van der Waals surface area contributed by atoms with Gasteiger partial charge in [-0.15, -0.1) is 0 Å². The molecule has 0 unspecified atom stereocenters. The van der Waals surface area contributed by atoms with Crippen molar-refractivity contribution in [2.24, 2.45) is 7.05 Å². The van der Waals surface area contributed by atoms with Crippen molar-refractivity contribution in [3.8, 4) is 11.8 Å². The van der Waals surface area contributed by atoms with Gasteiger partial charge in [-0.3, -0.25) is 4.79 Å². The van der Waals surface area contributed by atoms with Crippen LogP contribution in [0.5, 0.6) is 5.75 Å². The topological polar surface area (TPSA) is 104 Å². The van der Waals surface area contributed by atoms with Crippen LogP contribution in [-0.2, 0) is 23.7 Å². The van der Waals surface area contributed by atoms with Crippen molar-refractivity contribution in [2.75, 3.05) is 18.4 Å². The van der Waals surface area contributed by atoms with Crippen molar-refractivity contribution < 1.29 is 17.9 Å². The lowest BCUT2D eigenvalue weighted by molar-refractivity contribution is 0.101. The van der Waals surface area contributed by atoms with Crippen molar-refractivity contribution in [3.05, 3.63) is 77.6 Å². The van der Waals surface area contributed by atoms with Crippen molar-refractivity contribution in [1.29, 1.82) is 5.26 Å². The van der Waals surface area contributed by atoms with Gasteiger partial charge in [-0.2, -0.15) is 9.57 Å². The molecule has 9 heteroatoms. The molecule has 2 heterocycles. The van der Waals surface area contributed by atoms with Crippen LogP contribution in [0.1, 0.15) is 34.5 Å². The van der Waals surface area contributed by atoms with E-state index in [1.807, 2.05) is 6.07 Å². The van der Waals surface area contributed by atoms with Crippen LogP contribution >= 0.6 is 0 Å². The minimum absolute atomic E-state index is 0.119. The zero-order chi connectivity index (χ0) is 23.4. The first-order valence-corrected chi connectivity index (χ1v) is 12.0. The summed E-state index contributed by atoms with van der Waals surface area (Å²) in [6, 6.07) is 17.6. The number of carbonyl (C=O) groups is 1. The Kier molecular flexibility index (Phi) is 6.49. The summed E-state index contributed by atoms with van der Waals surface area (Å²) in [6.07, 6.45) is 3.17. The lowest BCUT2D eigenvalue weighted by atomic mass is 10.1. The van der Waals surface area contributed by atoms with Crippen molar-refractivity contribution in [1.82, 2.24) is 8.87 Å². The van der Waals surface area contributed by atoms with Crippen LogP contribution in [0.25, 0.3) is 0 Å². The standard InChI is InChI=1S/C24H24N4O4S/c1-27-16-22(33(30,31)28-10-2-3-11-28)14-23(27)24(29)26-20-8-5-9-21(13-20)32-17-19-7-4-6-18(12-19)15-25/h4-9,12-14,16H,2-3,10-11,17H2,1H3,(H,26,29). The maximum absolute atomic E-state index is 12.8. The smallest absolute Gasteiger partial charge is 0.272 e. The van der Waals surface area contributed by atoms with E-state index in [1.165, 1.54) is 21.1 Å². The number of ether oxygens (including phenoxy) is 1. The molecule has 3 aromatic rings. The SMILES string of the molecule is Cn1cc(S(=O)(=O)N2CCCC2)cc1C(=O)Nc1cccc(OCc2cccc(C#N)c2)c1. The van der Waals surface area contributed by atoms with E-state index in [-0.39, 0.29) is 17.2 Å². The summed E-state index contributed by atoms with van der Waals surface area (Å²) in [5, 5.41) is 11.8. The summed E-state index contributed by atoms with van der Waals surface area (Å²) in [6.45, 7) is 1.29. The Balaban J connectivity index is 1.45. The molecule has 1 aliphatic heterocycles. The highest BCUT2D eigenvalue weighted by atomic mass is 32.2. The summed E-state index contributed by atoms with van der Waals surface area (Å²) in [5.74, 6) is 0.138. The highest BCUT2D eigenvalue weighted by Gasteiger charge is 2.29. The fraction of sp³-hybridized carbons (Fsp3) is 0.250. The first kappa shape index (κ1) is 22.6. The number of rotatable bonds is 7. The number of hydrogen-bond acceptors (Lipinski definition) is 5. The molecule has 0 radical (unpaired) electrons. The Morgan fingerprint density at radius 3 is 2.64 bits per heavy atom. The highest BCUT2D eigenvalue weighted by Crippen LogP contribution is 2.24. The number of carbonyl (C=O) groups excluding carboxylic acids is 1. The quantitative estimate of drug-likeness (QED) is 0.576. The van der Waals surface area contributed by atoms with Gasteiger partial charge in [0.2, 0.25) is 10.0 Å². The number of nitrogens with one attached hydrogen (secondary N) is 1. The fourth-order valence-corrected chi connectivity index (χ4v) is 5.32. The molecule has 0 bridgehead atoms. The number of aryl methyl sites for hydroxylation is 1. The van der Waals surface area contributed by atoms with Crippen LogP contribution in [0.15, 0.2) is 65.7 Å². The maximum Gasteiger partial charge on any atom is 0.272 e. The average Bonchev–Trinajstić information content (AvgIpc) is 3.49. The first-order valence-electron chi connectivity index (χ1n) is 10.6. The number of aromatic nitrogens is 1. The molecular weight excluding hydrogens is 440 g/mol. The molecule has 4 rings (SSSR count). The third-order valence-electron chi connectivity index (χ3n) is 5.47. The lowest BCUT2D eigenvalue weighted by Gasteiger charge is -2.13. The van der Waals surface area contributed by atoms with Crippen LogP contribution in [-0.4, -0.2) is 36.3 Å². The summed E-state index contributed by atoms with van der Waals surface area (Å²) in [5.41, 5.74) is 2.19. The van der Waals surface area contributed by atoms with Gasteiger partial charge in [-0.1, -0.05) is 18.2 Å². The molecule has 8 nitrogen and oxygen atoms in total. The van der Waals surface area contributed by atoms with E-state index in [0.29, 0.717) is 30.1 Å². The minimum Gasteiger partial charge on any atom is -0.489 e. The molecule has 0 spiro atoms. The normalized spacial score (nSPS) is 14.1. The molecule has 1 aliphatic rings. The van der Waals surface area contributed by atoms with E-state index in [4.69, 9.17) is 10.00 Å². The molecule has 0 atom stereocenters. The van der Waals surface area contributed by atoms with E-state index in [2.05, 4.69) is 11.4 Å². The molecule has 1 saturated heterocycles. The van der Waals surface area contributed by atoms with Gasteiger partial charge < -0.3 is 14.6 Å². The number of sulfonamides is 1. The Labute approximate surface area is 193 Å². The van der Waals surface area contributed by atoms with Gasteiger partial charge in [-0.05, 0) is 48.7 Å². The number of nitrogens with zero attached hydrogens (tertiary/aromatic N) is 3. The predicted molar refractivity (Wildman–Crippen MR) is 123 cm³/mol. The first-order chi connectivity index (χ1) is 15.9. The zero-order valence-electron chi connectivity index (χ0n) is 18.2. The molecule has 33 heavy (non-hydrogen) atoms. The molecule has 1 aromatic heterocycles. The monoisotopic (exact) mass is 464 g/mol. The number of anilines is 1. The Morgan fingerprint density at radius 1 is 1.12 bits per heavy atom. The molecule has 170 valence electrons. The second-order valence-corrected chi connectivity index (χ2v) is 9.80. The molecule has 1 N–H and O–H groups in total. The van der Waals surface area contributed by atoms with E-state index in [9.17, 15) is 13.2 Å². The molecule has 1 fully saturated rings. The van der Waals surface area contributed by atoms with Gasteiger partial charge in [0, 0.05) is 38.1 Å². The molecule has 0 saturated carbocycles. The summed E-state index contributed by atoms with van der Waals surface area (Å²) in [4.78, 5) is 13.0. The fourth-order valence-electron chi connectivity index (χ4n) is 3.73. The Morgan fingerprint density at radius 2 is 1.88 bits per heavy atom. The number of nitriles is 1.